The first-order chi connectivity index (χ1) is 9.22. The molecule has 0 N–H and O–H groups in total. The van der Waals surface area contributed by atoms with Gasteiger partial charge in [-0.05, 0) is 13.8 Å². The van der Waals surface area contributed by atoms with Gasteiger partial charge < -0.3 is 4.52 Å². The standard InChI is InChI=1S/C14H24N4O/c1-12(2)17-3-5-18(6-4-17)14-9-16(10-14)8-13-7-15-19-11-13/h7,11-12,14H,3-6,8-10H2,1-2H3. The van der Waals surface area contributed by atoms with Gasteiger partial charge in [-0.15, -0.1) is 0 Å². The maximum absolute atomic E-state index is 4.87. The van der Waals surface area contributed by atoms with Gasteiger partial charge in [-0.25, -0.2) is 0 Å². The Bertz CT molecular complexity index is 378. The minimum atomic E-state index is 0.689. The zero-order chi connectivity index (χ0) is 13.2. The topological polar surface area (TPSA) is 35.8 Å². The number of aromatic nitrogens is 1. The molecular weight excluding hydrogens is 240 g/mol. The Labute approximate surface area is 115 Å². The van der Waals surface area contributed by atoms with E-state index in [-0.39, 0.29) is 0 Å². The van der Waals surface area contributed by atoms with Crippen LogP contribution in [0.25, 0.3) is 0 Å². The molecule has 5 heteroatoms. The third-order valence-corrected chi connectivity index (χ3v) is 4.42. The molecule has 2 saturated heterocycles. The van der Waals surface area contributed by atoms with E-state index >= 15 is 0 Å². The van der Waals surface area contributed by atoms with Gasteiger partial charge in [0.15, 0.2) is 0 Å². The molecule has 0 aromatic carbocycles. The van der Waals surface area contributed by atoms with Gasteiger partial charge in [0.05, 0.1) is 6.20 Å². The molecule has 2 aliphatic heterocycles. The van der Waals surface area contributed by atoms with E-state index in [0.29, 0.717) is 6.04 Å². The first-order valence-electron chi connectivity index (χ1n) is 7.31. The molecule has 0 spiro atoms. The minimum Gasteiger partial charge on any atom is -0.364 e. The molecular formula is C14H24N4O. The third kappa shape index (κ3) is 2.99. The number of nitrogens with zero attached hydrogens (tertiary/aromatic N) is 4. The van der Waals surface area contributed by atoms with Gasteiger partial charge in [0, 0.05) is 63.5 Å². The first kappa shape index (κ1) is 13.1. The van der Waals surface area contributed by atoms with Gasteiger partial charge in [0.25, 0.3) is 0 Å². The van der Waals surface area contributed by atoms with Crippen LogP contribution >= 0.6 is 0 Å². The molecule has 0 bridgehead atoms. The summed E-state index contributed by atoms with van der Waals surface area (Å²) in [6, 6.07) is 1.45. The van der Waals surface area contributed by atoms with Gasteiger partial charge in [-0.2, -0.15) is 0 Å². The number of piperazine rings is 1. The highest BCUT2D eigenvalue weighted by Crippen LogP contribution is 2.19. The van der Waals surface area contributed by atoms with E-state index in [2.05, 4.69) is 33.7 Å². The molecule has 0 amide bonds. The fraction of sp³-hybridized carbons (Fsp3) is 0.786. The van der Waals surface area contributed by atoms with E-state index in [1.165, 1.54) is 44.8 Å². The molecule has 2 fully saturated rings. The second-order valence-electron chi connectivity index (χ2n) is 6.05. The summed E-state index contributed by atoms with van der Waals surface area (Å²) in [6.07, 6.45) is 3.56. The summed E-state index contributed by atoms with van der Waals surface area (Å²) in [5.74, 6) is 0. The van der Waals surface area contributed by atoms with Gasteiger partial charge in [0.1, 0.15) is 6.26 Å². The fourth-order valence-corrected chi connectivity index (χ4v) is 3.08. The second kappa shape index (κ2) is 5.61. The van der Waals surface area contributed by atoms with Crippen molar-refractivity contribution in [2.45, 2.75) is 32.5 Å². The maximum atomic E-state index is 4.87. The van der Waals surface area contributed by atoms with Crippen LogP contribution in [-0.2, 0) is 6.54 Å². The lowest BCUT2D eigenvalue weighted by Crippen LogP contribution is -2.63. The molecule has 0 radical (unpaired) electrons. The monoisotopic (exact) mass is 264 g/mol. The van der Waals surface area contributed by atoms with E-state index < -0.39 is 0 Å². The number of hydrogen-bond acceptors (Lipinski definition) is 5. The van der Waals surface area contributed by atoms with Gasteiger partial charge in [-0.3, -0.25) is 14.7 Å². The Morgan fingerprint density at radius 2 is 2.00 bits per heavy atom. The van der Waals surface area contributed by atoms with Crippen LogP contribution in [0.2, 0.25) is 0 Å². The van der Waals surface area contributed by atoms with Crippen LogP contribution in [0.15, 0.2) is 17.0 Å². The first-order valence-corrected chi connectivity index (χ1v) is 7.31. The minimum absolute atomic E-state index is 0.689. The van der Waals surface area contributed by atoms with E-state index in [0.717, 1.165) is 12.6 Å². The van der Waals surface area contributed by atoms with Crippen LogP contribution in [0.4, 0.5) is 0 Å². The molecule has 19 heavy (non-hydrogen) atoms. The van der Waals surface area contributed by atoms with E-state index in [9.17, 15) is 0 Å². The van der Waals surface area contributed by atoms with Crippen LogP contribution in [0, 0.1) is 0 Å². The van der Waals surface area contributed by atoms with E-state index in [1.807, 2.05) is 6.20 Å². The van der Waals surface area contributed by atoms with Crippen molar-refractivity contribution < 1.29 is 4.52 Å². The van der Waals surface area contributed by atoms with Crippen LogP contribution in [-0.4, -0.2) is 71.2 Å². The summed E-state index contributed by atoms with van der Waals surface area (Å²) in [5.41, 5.74) is 1.18. The van der Waals surface area contributed by atoms with Crippen molar-refractivity contribution in [2.24, 2.45) is 0 Å². The van der Waals surface area contributed by atoms with Crippen LogP contribution in [0.5, 0.6) is 0 Å². The number of rotatable bonds is 4. The predicted molar refractivity (Wildman–Crippen MR) is 73.9 cm³/mol. The molecule has 0 atom stereocenters. The van der Waals surface area contributed by atoms with Gasteiger partial charge >= 0.3 is 0 Å². The Hall–Kier alpha value is -0.910. The lowest BCUT2D eigenvalue weighted by atomic mass is 10.0. The van der Waals surface area contributed by atoms with Crippen molar-refractivity contribution in [3.8, 4) is 0 Å². The van der Waals surface area contributed by atoms with Crippen molar-refractivity contribution in [3.05, 3.63) is 18.0 Å². The molecule has 106 valence electrons. The zero-order valence-electron chi connectivity index (χ0n) is 12.0. The van der Waals surface area contributed by atoms with Crippen molar-refractivity contribution in [1.29, 1.82) is 0 Å². The molecule has 5 nitrogen and oxygen atoms in total. The highest BCUT2D eigenvalue weighted by molar-refractivity contribution is 5.02. The Morgan fingerprint density at radius 1 is 1.26 bits per heavy atom. The molecule has 0 aliphatic carbocycles. The lowest BCUT2D eigenvalue weighted by molar-refractivity contribution is -0.00418. The van der Waals surface area contributed by atoms with Crippen molar-refractivity contribution in [3.63, 3.8) is 0 Å². The van der Waals surface area contributed by atoms with Crippen LogP contribution in [0.1, 0.15) is 19.4 Å². The average molecular weight is 264 g/mol. The Kier molecular flexibility index (Phi) is 3.86. The highest BCUT2D eigenvalue weighted by Gasteiger charge is 2.33. The van der Waals surface area contributed by atoms with E-state index in [4.69, 9.17) is 4.52 Å². The van der Waals surface area contributed by atoms with E-state index in [1.54, 1.807) is 6.26 Å². The molecule has 0 saturated carbocycles. The summed E-state index contributed by atoms with van der Waals surface area (Å²) in [6.45, 7) is 12.8. The smallest absolute Gasteiger partial charge is 0.128 e. The van der Waals surface area contributed by atoms with Crippen LogP contribution < -0.4 is 0 Å². The van der Waals surface area contributed by atoms with Crippen LogP contribution in [0.3, 0.4) is 0 Å². The molecule has 0 unspecified atom stereocenters. The molecule has 2 aliphatic rings. The van der Waals surface area contributed by atoms with Gasteiger partial charge in [0.2, 0.25) is 0 Å². The average Bonchev–Trinajstić information content (AvgIpc) is 2.86. The summed E-state index contributed by atoms with van der Waals surface area (Å²) in [7, 11) is 0. The fourth-order valence-electron chi connectivity index (χ4n) is 3.08. The molecule has 3 rings (SSSR count). The SMILES string of the molecule is CC(C)N1CCN(C2CN(Cc3cnoc3)C2)CC1. The molecule has 1 aromatic heterocycles. The molecule has 1 aromatic rings. The Morgan fingerprint density at radius 3 is 2.58 bits per heavy atom. The zero-order valence-corrected chi connectivity index (χ0v) is 12.0. The maximum Gasteiger partial charge on any atom is 0.128 e. The molecule has 3 heterocycles. The lowest BCUT2D eigenvalue weighted by Gasteiger charge is -2.48. The summed E-state index contributed by atoms with van der Waals surface area (Å²) < 4.78 is 4.87. The van der Waals surface area contributed by atoms with Crippen molar-refractivity contribution in [2.75, 3.05) is 39.3 Å². The van der Waals surface area contributed by atoms with Gasteiger partial charge in [-0.1, -0.05) is 5.16 Å². The number of hydrogen-bond donors (Lipinski definition) is 0. The highest BCUT2D eigenvalue weighted by atomic mass is 16.5. The van der Waals surface area contributed by atoms with Crippen molar-refractivity contribution in [1.82, 2.24) is 19.9 Å². The van der Waals surface area contributed by atoms with Crippen molar-refractivity contribution >= 4 is 0 Å². The predicted octanol–water partition coefficient (Wildman–Crippen LogP) is 0.885. The summed E-state index contributed by atoms with van der Waals surface area (Å²) in [5, 5.41) is 3.75. The second-order valence-corrected chi connectivity index (χ2v) is 6.05. The third-order valence-electron chi connectivity index (χ3n) is 4.42. The normalized spacial score (nSPS) is 23.9. The Balaban J connectivity index is 1.40. The largest absolute Gasteiger partial charge is 0.364 e. The number of likely N-dealkylation sites (tertiary alicyclic amines) is 1. The summed E-state index contributed by atoms with van der Waals surface area (Å²) >= 11 is 0. The summed E-state index contributed by atoms with van der Waals surface area (Å²) in [4.78, 5) is 7.69. The quantitative estimate of drug-likeness (QED) is 0.807.